The van der Waals surface area contributed by atoms with Gasteiger partial charge in [0.25, 0.3) is 5.69 Å². The monoisotopic (exact) mass is 344 g/mol. The molecule has 1 N–H and O–H groups in total. The molecule has 19 heavy (non-hydrogen) atoms. The molecule has 0 spiro atoms. The molecule has 0 radical (unpaired) electrons. The maximum Gasteiger partial charge on any atom is 0.283 e. The van der Waals surface area contributed by atoms with E-state index in [2.05, 4.69) is 27.5 Å². The van der Waals surface area contributed by atoms with E-state index in [4.69, 9.17) is 0 Å². The summed E-state index contributed by atoms with van der Waals surface area (Å²) in [6.07, 6.45) is 5.81. The summed E-state index contributed by atoms with van der Waals surface area (Å²) in [4.78, 5) is 10.5. The lowest BCUT2D eigenvalue weighted by molar-refractivity contribution is -0.385. The number of hydrogen-bond acceptors (Lipinski definition) is 4. The molecule has 6 heteroatoms. The molecule has 1 aliphatic carbocycles. The number of nitrogens with one attached hydrogen (secondary N) is 1. The summed E-state index contributed by atoms with van der Waals surface area (Å²) >= 11 is 5.13. The van der Waals surface area contributed by atoms with Crippen molar-refractivity contribution in [3.05, 3.63) is 38.3 Å². The van der Waals surface area contributed by atoms with Crippen LogP contribution < -0.4 is 5.32 Å². The van der Waals surface area contributed by atoms with Crippen molar-refractivity contribution in [2.24, 2.45) is 0 Å². The molecule has 1 saturated carbocycles. The van der Waals surface area contributed by atoms with E-state index in [9.17, 15) is 10.1 Å². The fraction of sp³-hybridized carbons (Fsp3) is 0.538. The fourth-order valence-electron chi connectivity index (χ4n) is 2.41. The Labute approximate surface area is 125 Å². The minimum Gasteiger partial charge on any atom is -0.310 e. The van der Waals surface area contributed by atoms with Crippen LogP contribution in [0.1, 0.15) is 24.8 Å². The van der Waals surface area contributed by atoms with E-state index in [1.807, 2.05) is 17.8 Å². The highest BCUT2D eigenvalue weighted by atomic mass is 79.9. The first kappa shape index (κ1) is 14.8. The largest absolute Gasteiger partial charge is 0.310 e. The Morgan fingerprint density at radius 1 is 1.53 bits per heavy atom. The fourth-order valence-corrected chi connectivity index (χ4v) is 3.60. The smallest absolute Gasteiger partial charge is 0.283 e. The molecule has 0 aliphatic heterocycles. The lowest BCUT2D eigenvalue weighted by atomic mass is 10.2. The van der Waals surface area contributed by atoms with E-state index in [0.717, 1.165) is 10.8 Å². The van der Waals surface area contributed by atoms with Gasteiger partial charge in [-0.3, -0.25) is 10.1 Å². The summed E-state index contributed by atoms with van der Waals surface area (Å²) in [6, 6.07) is 5.85. The van der Waals surface area contributed by atoms with Gasteiger partial charge in [0, 0.05) is 23.9 Å². The van der Waals surface area contributed by atoms with Crippen molar-refractivity contribution in [1.82, 2.24) is 5.32 Å². The zero-order chi connectivity index (χ0) is 13.8. The van der Waals surface area contributed by atoms with E-state index in [1.54, 1.807) is 12.1 Å². The van der Waals surface area contributed by atoms with Gasteiger partial charge in [0.15, 0.2) is 0 Å². The molecule has 0 heterocycles. The summed E-state index contributed by atoms with van der Waals surface area (Å²) in [5, 5.41) is 15.1. The topological polar surface area (TPSA) is 55.2 Å². The third-order valence-electron chi connectivity index (χ3n) is 3.52. The number of hydrogen-bond donors (Lipinski definition) is 1. The van der Waals surface area contributed by atoms with Gasteiger partial charge in [-0.15, -0.1) is 0 Å². The Morgan fingerprint density at radius 3 is 2.95 bits per heavy atom. The van der Waals surface area contributed by atoms with Gasteiger partial charge in [-0.25, -0.2) is 0 Å². The molecule has 4 nitrogen and oxygen atoms in total. The lowest BCUT2D eigenvalue weighted by Gasteiger charge is -2.12. The van der Waals surface area contributed by atoms with Gasteiger partial charge in [0.05, 0.1) is 9.40 Å². The molecular formula is C13H17BrN2O2S. The zero-order valence-electron chi connectivity index (χ0n) is 10.8. The van der Waals surface area contributed by atoms with Crippen LogP contribution in [0.25, 0.3) is 0 Å². The highest BCUT2D eigenvalue weighted by molar-refractivity contribution is 9.10. The van der Waals surface area contributed by atoms with Crippen molar-refractivity contribution < 1.29 is 4.92 Å². The number of nitro benzene ring substituents is 1. The van der Waals surface area contributed by atoms with E-state index in [1.165, 1.54) is 19.3 Å². The molecular weight excluding hydrogens is 328 g/mol. The van der Waals surface area contributed by atoms with Crippen molar-refractivity contribution in [2.45, 2.75) is 37.1 Å². The Hall–Kier alpha value is -0.590. The van der Waals surface area contributed by atoms with E-state index >= 15 is 0 Å². The number of rotatable bonds is 5. The molecule has 1 aromatic rings. The first-order valence-electron chi connectivity index (χ1n) is 6.29. The van der Waals surface area contributed by atoms with Crippen molar-refractivity contribution in [3.8, 4) is 0 Å². The number of benzene rings is 1. The Morgan fingerprint density at radius 2 is 2.32 bits per heavy atom. The van der Waals surface area contributed by atoms with Crippen LogP contribution in [0, 0.1) is 10.1 Å². The summed E-state index contributed by atoms with van der Waals surface area (Å²) in [5.74, 6) is 0. The van der Waals surface area contributed by atoms with Gasteiger partial charge < -0.3 is 5.32 Å². The number of halogens is 1. The first-order valence-corrected chi connectivity index (χ1v) is 8.37. The first-order chi connectivity index (χ1) is 9.10. The average molecular weight is 345 g/mol. The van der Waals surface area contributed by atoms with Crippen LogP contribution in [0.4, 0.5) is 5.69 Å². The normalized spacial score (nSPS) is 22.6. The van der Waals surface area contributed by atoms with Gasteiger partial charge in [-0.05, 0) is 53.1 Å². The van der Waals surface area contributed by atoms with Gasteiger partial charge in [0.2, 0.25) is 0 Å². The number of thioether (sulfide) groups is 1. The minimum absolute atomic E-state index is 0.132. The second-order valence-electron chi connectivity index (χ2n) is 4.79. The summed E-state index contributed by atoms with van der Waals surface area (Å²) < 4.78 is 0.532. The average Bonchev–Trinajstić information content (AvgIpc) is 2.85. The van der Waals surface area contributed by atoms with E-state index in [0.29, 0.717) is 17.1 Å². The molecule has 1 aromatic carbocycles. The third kappa shape index (κ3) is 3.94. The highest BCUT2D eigenvalue weighted by Gasteiger charge is 2.23. The number of nitrogens with zero attached hydrogens (tertiary/aromatic N) is 1. The highest BCUT2D eigenvalue weighted by Crippen LogP contribution is 2.29. The van der Waals surface area contributed by atoms with Gasteiger partial charge in [-0.1, -0.05) is 6.07 Å². The molecule has 104 valence electrons. The standard InChI is InChI=1S/C13H17BrN2O2S/c1-19-11-4-3-10(7-11)15-8-9-2-5-12(14)13(6-9)16(17)18/h2,5-6,10-11,15H,3-4,7-8H2,1H3. The third-order valence-corrected chi connectivity index (χ3v) is 5.29. The molecule has 0 amide bonds. The van der Waals surface area contributed by atoms with Crippen LogP contribution in [0.2, 0.25) is 0 Å². The second kappa shape index (κ2) is 6.72. The quantitative estimate of drug-likeness (QED) is 0.653. The molecule has 0 saturated heterocycles. The minimum atomic E-state index is -0.354. The van der Waals surface area contributed by atoms with Crippen LogP contribution in [-0.2, 0) is 6.54 Å². The van der Waals surface area contributed by atoms with Crippen molar-refractivity contribution in [2.75, 3.05) is 6.26 Å². The van der Waals surface area contributed by atoms with Crippen LogP contribution in [0.3, 0.4) is 0 Å². The van der Waals surface area contributed by atoms with E-state index in [-0.39, 0.29) is 10.6 Å². The summed E-state index contributed by atoms with van der Waals surface area (Å²) in [5.41, 5.74) is 1.09. The van der Waals surface area contributed by atoms with Crippen molar-refractivity contribution in [1.29, 1.82) is 0 Å². The predicted octanol–water partition coefficient (Wildman–Crippen LogP) is 3.73. The SMILES string of the molecule is CSC1CCC(NCc2ccc(Br)c([N+](=O)[O-])c2)C1. The molecule has 1 aliphatic rings. The number of nitro groups is 1. The van der Waals surface area contributed by atoms with Crippen LogP contribution in [0.15, 0.2) is 22.7 Å². The maximum absolute atomic E-state index is 10.9. The maximum atomic E-state index is 10.9. The predicted molar refractivity (Wildman–Crippen MR) is 82.6 cm³/mol. The van der Waals surface area contributed by atoms with Crippen LogP contribution in [0.5, 0.6) is 0 Å². The van der Waals surface area contributed by atoms with Gasteiger partial charge >= 0.3 is 0 Å². The molecule has 1 fully saturated rings. The Bertz CT molecular complexity index is 470. The van der Waals surface area contributed by atoms with Crippen LogP contribution >= 0.6 is 27.7 Å². The van der Waals surface area contributed by atoms with Gasteiger partial charge in [-0.2, -0.15) is 11.8 Å². The van der Waals surface area contributed by atoms with E-state index < -0.39 is 0 Å². The molecule has 2 unspecified atom stereocenters. The zero-order valence-corrected chi connectivity index (χ0v) is 13.2. The summed E-state index contributed by atoms with van der Waals surface area (Å²) in [7, 11) is 0. The Kier molecular flexibility index (Phi) is 5.24. The van der Waals surface area contributed by atoms with Gasteiger partial charge in [0.1, 0.15) is 0 Å². The van der Waals surface area contributed by atoms with Crippen molar-refractivity contribution >= 4 is 33.4 Å². The van der Waals surface area contributed by atoms with Crippen LogP contribution in [-0.4, -0.2) is 22.5 Å². The Balaban J connectivity index is 1.93. The second-order valence-corrected chi connectivity index (χ2v) is 6.78. The molecule has 2 atom stereocenters. The molecule has 0 bridgehead atoms. The molecule has 2 rings (SSSR count). The van der Waals surface area contributed by atoms with Crippen molar-refractivity contribution in [3.63, 3.8) is 0 Å². The summed E-state index contributed by atoms with van der Waals surface area (Å²) in [6.45, 7) is 0.694. The molecule has 0 aromatic heterocycles. The lowest BCUT2D eigenvalue weighted by Crippen LogP contribution is -2.26.